The lowest BCUT2D eigenvalue weighted by Gasteiger charge is -1.98. The molecule has 7 heteroatoms. The molecular formula is C23H13FN2O3S. The fourth-order valence-electron chi connectivity index (χ4n) is 2.80. The number of benzene rings is 2. The molecule has 0 fully saturated rings. The molecule has 5 nitrogen and oxygen atoms in total. The van der Waals surface area contributed by atoms with E-state index in [2.05, 4.69) is 11.1 Å². The van der Waals surface area contributed by atoms with Crippen LogP contribution in [0.15, 0.2) is 70.5 Å². The zero-order chi connectivity index (χ0) is 21.1. The van der Waals surface area contributed by atoms with E-state index in [1.165, 1.54) is 35.6 Å². The highest BCUT2D eigenvalue weighted by molar-refractivity contribution is 7.11. The van der Waals surface area contributed by atoms with Gasteiger partial charge in [0, 0.05) is 22.6 Å². The lowest BCUT2D eigenvalue weighted by Crippen LogP contribution is -1.94. The SMILES string of the molecule is N#CC(=Cc1ccc(-c2ccc(C(=O)O)cc2)o1)c1nc(-c2ccc(F)cc2)cs1. The first-order chi connectivity index (χ1) is 14.5. The Morgan fingerprint density at radius 1 is 1.07 bits per heavy atom. The lowest BCUT2D eigenvalue weighted by molar-refractivity contribution is 0.0697. The van der Waals surface area contributed by atoms with E-state index < -0.39 is 5.97 Å². The van der Waals surface area contributed by atoms with Gasteiger partial charge in [-0.15, -0.1) is 11.3 Å². The quantitative estimate of drug-likeness (QED) is 0.405. The smallest absolute Gasteiger partial charge is 0.335 e. The average Bonchev–Trinajstić information content (AvgIpc) is 3.42. The Morgan fingerprint density at radius 3 is 2.43 bits per heavy atom. The summed E-state index contributed by atoms with van der Waals surface area (Å²) in [4.78, 5) is 15.4. The van der Waals surface area contributed by atoms with E-state index >= 15 is 0 Å². The molecule has 1 N–H and O–H groups in total. The van der Waals surface area contributed by atoms with E-state index in [-0.39, 0.29) is 11.4 Å². The fourth-order valence-corrected chi connectivity index (χ4v) is 3.59. The summed E-state index contributed by atoms with van der Waals surface area (Å²) in [5.74, 6) is -0.284. The number of thiazole rings is 1. The van der Waals surface area contributed by atoms with Gasteiger partial charge in [0.25, 0.3) is 0 Å². The van der Waals surface area contributed by atoms with Crippen LogP contribution in [0, 0.1) is 17.1 Å². The van der Waals surface area contributed by atoms with Gasteiger partial charge in [0.1, 0.15) is 28.4 Å². The summed E-state index contributed by atoms with van der Waals surface area (Å²) in [6, 6.07) is 17.9. The van der Waals surface area contributed by atoms with Crippen LogP contribution < -0.4 is 0 Å². The summed E-state index contributed by atoms with van der Waals surface area (Å²) >= 11 is 1.32. The number of hydrogen-bond acceptors (Lipinski definition) is 5. The maximum atomic E-state index is 13.1. The first-order valence-electron chi connectivity index (χ1n) is 8.81. The summed E-state index contributed by atoms with van der Waals surface area (Å²) in [5.41, 5.74) is 2.69. The molecule has 0 aliphatic carbocycles. The van der Waals surface area contributed by atoms with Crippen LogP contribution in [-0.4, -0.2) is 16.1 Å². The zero-order valence-corrected chi connectivity index (χ0v) is 16.2. The average molecular weight is 416 g/mol. The summed E-state index contributed by atoms with van der Waals surface area (Å²) in [6.07, 6.45) is 1.60. The van der Waals surface area contributed by atoms with Gasteiger partial charge in [-0.1, -0.05) is 12.1 Å². The maximum absolute atomic E-state index is 13.1. The second kappa shape index (κ2) is 8.15. The van der Waals surface area contributed by atoms with Gasteiger partial charge in [-0.3, -0.25) is 0 Å². The monoisotopic (exact) mass is 416 g/mol. The Labute approximate surface area is 175 Å². The predicted molar refractivity (Wildman–Crippen MR) is 112 cm³/mol. The van der Waals surface area contributed by atoms with E-state index in [1.807, 2.05) is 5.38 Å². The molecule has 2 aromatic carbocycles. The third kappa shape index (κ3) is 4.04. The molecule has 0 aliphatic rings. The molecule has 0 spiro atoms. The number of rotatable bonds is 5. The highest BCUT2D eigenvalue weighted by atomic mass is 32.1. The van der Waals surface area contributed by atoms with Crippen LogP contribution in [0.3, 0.4) is 0 Å². The molecular weight excluding hydrogens is 403 g/mol. The first-order valence-corrected chi connectivity index (χ1v) is 9.68. The molecule has 4 aromatic rings. The van der Waals surface area contributed by atoms with Crippen LogP contribution in [0.4, 0.5) is 4.39 Å². The van der Waals surface area contributed by atoms with Gasteiger partial charge in [0.2, 0.25) is 0 Å². The van der Waals surface area contributed by atoms with Crippen LogP contribution >= 0.6 is 11.3 Å². The van der Waals surface area contributed by atoms with E-state index in [4.69, 9.17) is 9.52 Å². The van der Waals surface area contributed by atoms with E-state index in [1.54, 1.807) is 42.5 Å². The largest absolute Gasteiger partial charge is 0.478 e. The number of aromatic nitrogens is 1. The minimum Gasteiger partial charge on any atom is -0.478 e. The number of carbonyl (C=O) groups is 1. The minimum absolute atomic E-state index is 0.193. The second-order valence-electron chi connectivity index (χ2n) is 6.30. The van der Waals surface area contributed by atoms with Crippen molar-refractivity contribution in [3.63, 3.8) is 0 Å². The summed E-state index contributed by atoms with van der Waals surface area (Å²) in [7, 11) is 0. The van der Waals surface area contributed by atoms with E-state index in [0.29, 0.717) is 27.8 Å². The van der Waals surface area contributed by atoms with Gasteiger partial charge in [-0.2, -0.15) is 5.26 Å². The highest BCUT2D eigenvalue weighted by Gasteiger charge is 2.11. The van der Waals surface area contributed by atoms with Gasteiger partial charge in [0.15, 0.2) is 0 Å². The molecule has 4 rings (SSSR count). The number of halogens is 1. The Bertz CT molecular complexity index is 1280. The van der Waals surface area contributed by atoms with Crippen LogP contribution in [0.25, 0.3) is 34.2 Å². The van der Waals surface area contributed by atoms with Gasteiger partial charge in [-0.25, -0.2) is 14.2 Å². The Hall–Kier alpha value is -4.02. The van der Waals surface area contributed by atoms with Crippen molar-refractivity contribution < 1.29 is 18.7 Å². The lowest BCUT2D eigenvalue weighted by atomic mass is 10.1. The number of furan rings is 1. The van der Waals surface area contributed by atoms with Gasteiger partial charge in [-0.05, 0) is 48.5 Å². The van der Waals surface area contributed by atoms with Crippen molar-refractivity contribution in [3.05, 3.63) is 88.2 Å². The fraction of sp³-hybridized carbons (Fsp3) is 0. The van der Waals surface area contributed by atoms with Crippen molar-refractivity contribution >= 4 is 29.0 Å². The number of nitrogens with zero attached hydrogens (tertiary/aromatic N) is 2. The summed E-state index contributed by atoms with van der Waals surface area (Å²) in [6.45, 7) is 0. The first kappa shape index (κ1) is 19.3. The Kier molecular flexibility index (Phi) is 5.24. The van der Waals surface area contributed by atoms with E-state index in [0.717, 1.165) is 11.1 Å². The molecule has 0 amide bonds. The third-order valence-corrected chi connectivity index (χ3v) is 5.20. The summed E-state index contributed by atoms with van der Waals surface area (Å²) in [5, 5.41) is 20.9. The highest BCUT2D eigenvalue weighted by Crippen LogP contribution is 2.29. The van der Waals surface area contributed by atoms with Crippen molar-refractivity contribution in [2.24, 2.45) is 0 Å². The van der Waals surface area contributed by atoms with Crippen molar-refractivity contribution in [1.29, 1.82) is 5.26 Å². The third-order valence-electron chi connectivity index (χ3n) is 4.32. The molecule has 2 aromatic heterocycles. The number of carboxylic acid groups (broad SMARTS) is 1. The Balaban J connectivity index is 1.59. The van der Waals surface area contributed by atoms with Crippen LogP contribution in [0.5, 0.6) is 0 Å². The van der Waals surface area contributed by atoms with Gasteiger partial charge in [0.05, 0.1) is 16.8 Å². The molecule has 0 aliphatic heterocycles. The summed E-state index contributed by atoms with van der Waals surface area (Å²) < 4.78 is 18.9. The van der Waals surface area contributed by atoms with Crippen molar-refractivity contribution in [2.75, 3.05) is 0 Å². The molecule has 0 saturated carbocycles. The number of hydrogen-bond donors (Lipinski definition) is 1. The van der Waals surface area contributed by atoms with Gasteiger partial charge < -0.3 is 9.52 Å². The number of nitriles is 1. The molecule has 2 heterocycles. The molecule has 0 atom stereocenters. The number of aromatic carboxylic acids is 1. The van der Waals surface area contributed by atoms with Crippen molar-refractivity contribution in [1.82, 2.24) is 4.98 Å². The van der Waals surface area contributed by atoms with Crippen LogP contribution in [0.1, 0.15) is 21.1 Å². The van der Waals surface area contributed by atoms with Crippen LogP contribution in [0.2, 0.25) is 0 Å². The van der Waals surface area contributed by atoms with Crippen molar-refractivity contribution in [3.8, 4) is 28.7 Å². The standard InChI is InChI=1S/C23H13FN2O3S/c24-18-7-5-14(6-8-18)20-13-30-22(26-20)17(12-25)11-19-9-10-21(29-19)15-1-3-16(4-2-15)23(27)28/h1-11,13H,(H,27,28). The zero-order valence-electron chi connectivity index (χ0n) is 15.4. The topological polar surface area (TPSA) is 87.1 Å². The second-order valence-corrected chi connectivity index (χ2v) is 7.16. The molecule has 0 bridgehead atoms. The van der Waals surface area contributed by atoms with Gasteiger partial charge >= 0.3 is 5.97 Å². The number of carboxylic acids is 1. The Morgan fingerprint density at radius 2 is 1.77 bits per heavy atom. The normalized spacial score (nSPS) is 11.3. The molecule has 0 saturated heterocycles. The van der Waals surface area contributed by atoms with E-state index in [9.17, 15) is 14.4 Å². The molecule has 0 unspecified atom stereocenters. The van der Waals surface area contributed by atoms with Crippen molar-refractivity contribution in [2.45, 2.75) is 0 Å². The molecule has 146 valence electrons. The molecule has 0 radical (unpaired) electrons. The maximum Gasteiger partial charge on any atom is 0.335 e. The predicted octanol–water partition coefficient (Wildman–Crippen LogP) is 5.97. The molecule has 30 heavy (non-hydrogen) atoms. The van der Waals surface area contributed by atoms with Crippen LogP contribution in [-0.2, 0) is 0 Å². The minimum atomic E-state index is -0.994. The number of allylic oxidation sites excluding steroid dienone is 1.